The lowest BCUT2D eigenvalue weighted by Crippen LogP contribution is -2.28. The van der Waals surface area contributed by atoms with Crippen LogP contribution in [0.2, 0.25) is 0 Å². The first-order valence-corrected chi connectivity index (χ1v) is 5.91. The largest absolute Gasteiger partial charge is 0.465 e. The Morgan fingerprint density at radius 2 is 2.33 bits per heavy atom. The molecule has 0 radical (unpaired) electrons. The number of nitrogens with zero attached hydrogens (tertiary/aromatic N) is 3. The standard InChI is InChI=1S/C13H19N3O2/c1-5-7-16(8-6-2)12-11(13(17)18-4)9-14-10(3)15-12/h5,9H,1,6-8H2,2-4H3. The minimum Gasteiger partial charge on any atom is -0.465 e. The van der Waals surface area contributed by atoms with Crippen LogP contribution in [0.25, 0.3) is 0 Å². The molecule has 0 amide bonds. The van der Waals surface area contributed by atoms with Gasteiger partial charge in [-0.25, -0.2) is 14.8 Å². The molecule has 0 aliphatic heterocycles. The quantitative estimate of drug-likeness (QED) is 0.570. The molecule has 0 fully saturated rings. The average Bonchev–Trinajstić information content (AvgIpc) is 2.37. The second-order valence-electron chi connectivity index (χ2n) is 3.88. The molecule has 1 rings (SSSR count). The number of carbonyl (C=O) groups excluding carboxylic acids is 1. The molecular weight excluding hydrogens is 230 g/mol. The normalized spacial score (nSPS) is 9.94. The molecule has 98 valence electrons. The highest BCUT2D eigenvalue weighted by molar-refractivity contribution is 5.94. The summed E-state index contributed by atoms with van der Waals surface area (Å²) in [6, 6.07) is 0. The zero-order valence-electron chi connectivity index (χ0n) is 11.1. The van der Waals surface area contributed by atoms with Crippen molar-refractivity contribution in [2.75, 3.05) is 25.1 Å². The molecule has 0 saturated heterocycles. The summed E-state index contributed by atoms with van der Waals surface area (Å²) in [4.78, 5) is 22.1. The molecular formula is C13H19N3O2. The van der Waals surface area contributed by atoms with Crippen LogP contribution in [0, 0.1) is 6.92 Å². The second-order valence-corrected chi connectivity index (χ2v) is 3.88. The maximum atomic E-state index is 11.7. The zero-order valence-corrected chi connectivity index (χ0v) is 11.1. The number of rotatable bonds is 6. The Morgan fingerprint density at radius 3 is 2.89 bits per heavy atom. The van der Waals surface area contributed by atoms with Crippen molar-refractivity contribution in [2.45, 2.75) is 20.3 Å². The summed E-state index contributed by atoms with van der Waals surface area (Å²) < 4.78 is 4.75. The monoisotopic (exact) mass is 249 g/mol. The Morgan fingerprint density at radius 1 is 1.61 bits per heavy atom. The number of hydrogen-bond donors (Lipinski definition) is 0. The maximum Gasteiger partial charge on any atom is 0.343 e. The van der Waals surface area contributed by atoms with Gasteiger partial charge in [0.2, 0.25) is 0 Å². The van der Waals surface area contributed by atoms with Crippen molar-refractivity contribution in [3.8, 4) is 0 Å². The molecule has 1 aromatic heterocycles. The van der Waals surface area contributed by atoms with Gasteiger partial charge in [-0.1, -0.05) is 13.0 Å². The lowest BCUT2D eigenvalue weighted by atomic mass is 10.2. The van der Waals surface area contributed by atoms with E-state index in [-0.39, 0.29) is 0 Å². The molecule has 0 N–H and O–H groups in total. The van der Waals surface area contributed by atoms with E-state index in [9.17, 15) is 4.79 Å². The van der Waals surface area contributed by atoms with Crippen LogP contribution in [0.5, 0.6) is 0 Å². The van der Waals surface area contributed by atoms with Crippen LogP contribution in [0.15, 0.2) is 18.9 Å². The van der Waals surface area contributed by atoms with E-state index in [1.54, 1.807) is 13.0 Å². The lowest BCUT2D eigenvalue weighted by Gasteiger charge is -2.23. The van der Waals surface area contributed by atoms with Crippen LogP contribution in [0.3, 0.4) is 0 Å². The summed E-state index contributed by atoms with van der Waals surface area (Å²) >= 11 is 0. The molecule has 0 aliphatic rings. The highest BCUT2D eigenvalue weighted by atomic mass is 16.5. The van der Waals surface area contributed by atoms with Crippen LogP contribution < -0.4 is 4.90 Å². The molecule has 0 bridgehead atoms. The van der Waals surface area contributed by atoms with Crippen molar-refractivity contribution in [2.24, 2.45) is 0 Å². The highest BCUT2D eigenvalue weighted by Crippen LogP contribution is 2.18. The fourth-order valence-electron chi connectivity index (χ4n) is 1.66. The molecule has 5 heteroatoms. The first kappa shape index (κ1) is 14.2. The van der Waals surface area contributed by atoms with E-state index in [2.05, 4.69) is 23.5 Å². The number of hydrogen-bond acceptors (Lipinski definition) is 5. The third kappa shape index (κ3) is 3.29. The van der Waals surface area contributed by atoms with Gasteiger partial charge < -0.3 is 9.64 Å². The molecule has 0 unspecified atom stereocenters. The smallest absolute Gasteiger partial charge is 0.343 e. The first-order valence-electron chi connectivity index (χ1n) is 5.91. The Hall–Kier alpha value is -1.91. The summed E-state index contributed by atoms with van der Waals surface area (Å²) in [6.07, 6.45) is 4.25. The third-order valence-corrected chi connectivity index (χ3v) is 2.44. The Balaban J connectivity index is 3.20. The summed E-state index contributed by atoms with van der Waals surface area (Å²) in [6.45, 7) is 9.02. The van der Waals surface area contributed by atoms with E-state index >= 15 is 0 Å². The Labute approximate surface area is 108 Å². The van der Waals surface area contributed by atoms with Crippen LogP contribution >= 0.6 is 0 Å². The van der Waals surface area contributed by atoms with E-state index in [0.29, 0.717) is 23.8 Å². The van der Waals surface area contributed by atoms with Crippen molar-refractivity contribution in [3.05, 3.63) is 30.2 Å². The van der Waals surface area contributed by atoms with Crippen molar-refractivity contribution in [1.82, 2.24) is 9.97 Å². The maximum absolute atomic E-state index is 11.7. The summed E-state index contributed by atoms with van der Waals surface area (Å²) in [5.74, 6) is 0.814. The second kappa shape index (κ2) is 6.74. The summed E-state index contributed by atoms with van der Waals surface area (Å²) in [5.41, 5.74) is 0.387. The SMILES string of the molecule is C=CCN(CCC)c1nc(C)ncc1C(=O)OC. The van der Waals surface area contributed by atoms with Gasteiger partial charge >= 0.3 is 5.97 Å². The molecule has 0 atom stereocenters. The van der Waals surface area contributed by atoms with Gasteiger partial charge in [-0.05, 0) is 13.3 Å². The fraction of sp³-hybridized carbons (Fsp3) is 0.462. The van der Waals surface area contributed by atoms with Crippen molar-refractivity contribution < 1.29 is 9.53 Å². The van der Waals surface area contributed by atoms with Gasteiger partial charge in [0.05, 0.1) is 7.11 Å². The topological polar surface area (TPSA) is 55.3 Å². The summed E-state index contributed by atoms with van der Waals surface area (Å²) in [7, 11) is 1.35. The average molecular weight is 249 g/mol. The van der Waals surface area contributed by atoms with Crippen molar-refractivity contribution in [1.29, 1.82) is 0 Å². The first-order chi connectivity index (χ1) is 8.63. The highest BCUT2D eigenvalue weighted by Gasteiger charge is 2.18. The van der Waals surface area contributed by atoms with Gasteiger partial charge in [-0.2, -0.15) is 0 Å². The van der Waals surface area contributed by atoms with E-state index in [4.69, 9.17) is 4.74 Å². The lowest BCUT2D eigenvalue weighted by molar-refractivity contribution is 0.0600. The molecule has 1 aromatic rings. The zero-order chi connectivity index (χ0) is 13.5. The Kier molecular flexibility index (Phi) is 5.30. The van der Waals surface area contributed by atoms with E-state index in [1.807, 2.05) is 4.90 Å². The minimum absolute atomic E-state index is 0.387. The summed E-state index contributed by atoms with van der Waals surface area (Å²) in [5, 5.41) is 0. The molecule has 1 heterocycles. The predicted octanol–water partition coefficient (Wildman–Crippen LogP) is 1.97. The predicted molar refractivity (Wildman–Crippen MR) is 70.8 cm³/mol. The van der Waals surface area contributed by atoms with E-state index in [1.165, 1.54) is 13.3 Å². The van der Waals surface area contributed by atoms with Crippen molar-refractivity contribution in [3.63, 3.8) is 0 Å². The number of aromatic nitrogens is 2. The van der Waals surface area contributed by atoms with Crippen LogP contribution in [0.1, 0.15) is 29.5 Å². The number of ether oxygens (including phenoxy) is 1. The van der Waals surface area contributed by atoms with Gasteiger partial charge in [0.1, 0.15) is 17.2 Å². The van der Waals surface area contributed by atoms with Crippen molar-refractivity contribution >= 4 is 11.8 Å². The van der Waals surface area contributed by atoms with Crippen LogP contribution in [-0.2, 0) is 4.74 Å². The Bertz CT molecular complexity index is 432. The molecule has 0 saturated carbocycles. The molecule has 0 aromatic carbocycles. The number of anilines is 1. The van der Waals surface area contributed by atoms with Gasteiger partial charge in [0.15, 0.2) is 0 Å². The van der Waals surface area contributed by atoms with Gasteiger partial charge in [-0.15, -0.1) is 6.58 Å². The van der Waals surface area contributed by atoms with Gasteiger partial charge in [0.25, 0.3) is 0 Å². The third-order valence-electron chi connectivity index (χ3n) is 2.44. The molecule has 0 aliphatic carbocycles. The molecule has 5 nitrogen and oxygen atoms in total. The van der Waals surface area contributed by atoms with Gasteiger partial charge in [-0.3, -0.25) is 0 Å². The van der Waals surface area contributed by atoms with E-state index in [0.717, 1.165) is 13.0 Å². The minimum atomic E-state index is -0.421. The van der Waals surface area contributed by atoms with Gasteiger partial charge in [0, 0.05) is 19.3 Å². The van der Waals surface area contributed by atoms with E-state index < -0.39 is 5.97 Å². The number of aryl methyl sites for hydroxylation is 1. The molecule has 18 heavy (non-hydrogen) atoms. The number of esters is 1. The molecule has 0 spiro atoms. The fourth-order valence-corrected chi connectivity index (χ4v) is 1.66. The van der Waals surface area contributed by atoms with Crippen LogP contribution in [-0.4, -0.2) is 36.1 Å². The number of carbonyl (C=O) groups is 1. The van der Waals surface area contributed by atoms with Crippen LogP contribution in [0.4, 0.5) is 5.82 Å². The number of methoxy groups -OCH3 is 1.